The Labute approximate surface area is 155 Å². The van der Waals surface area contributed by atoms with Gasteiger partial charge in [-0.2, -0.15) is 0 Å². The molecule has 0 aliphatic heterocycles. The number of amides is 1. The summed E-state index contributed by atoms with van der Waals surface area (Å²) in [5.41, 5.74) is 4.85. The van der Waals surface area contributed by atoms with E-state index < -0.39 is 0 Å². The zero-order valence-electron chi connectivity index (χ0n) is 15.5. The van der Waals surface area contributed by atoms with E-state index in [0.29, 0.717) is 13.2 Å². The van der Waals surface area contributed by atoms with E-state index in [1.165, 1.54) is 22.3 Å². The molecule has 0 fully saturated rings. The first kappa shape index (κ1) is 18.5. The molecule has 26 heavy (non-hydrogen) atoms. The van der Waals surface area contributed by atoms with Gasteiger partial charge in [-0.05, 0) is 35.1 Å². The molecule has 0 atom stereocenters. The summed E-state index contributed by atoms with van der Waals surface area (Å²) in [5, 5.41) is 9.32. The second kappa shape index (κ2) is 8.37. The van der Waals surface area contributed by atoms with E-state index in [0.717, 1.165) is 12.8 Å². The molecule has 1 aliphatic carbocycles. The van der Waals surface area contributed by atoms with Gasteiger partial charge in [0, 0.05) is 18.5 Å². The van der Waals surface area contributed by atoms with Gasteiger partial charge in [0.2, 0.25) is 0 Å². The molecule has 138 valence electrons. The molecule has 0 saturated heterocycles. The summed E-state index contributed by atoms with van der Waals surface area (Å²) in [5.74, 6) is 0.0593. The molecule has 0 spiro atoms. The highest BCUT2D eigenvalue weighted by molar-refractivity contribution is 5.79. The largest absolute Gasteiger partial charge is 0.448 e. The van der Waals surface area contributed by atoms with Crippen molar-refractivity contribution >= 4 is 6.09 Å². The first-order valence-corrected chi connectivity index (χ1v) is 9.43. The molecule has 0 saturated carbocycles. The Balaban J connectivity index is 1.78. The molecule has 2 aromatic carbocycles. The van der Waals surface area contributed by atoms with Gasteiger partial charge in [-0.1, -0.05) is 62.4 Å². The van der Waals surface area contributed by atoms with Crippen molar-refractivity contribution in [2.45, 2.75) is 38.6 Å². The molecule has 2 aromatic rings. The Hall–Kier alpha value is -2.33. The highest BCUT2D eigenvalue weighted by Gasteiger charge is 2.30. The molecule has 1 amide bonds. The first-order chi connectivity index (χ1) is 12.7. The van der Waals surface area contributed by atoms with E-state index in [2.05, 4.69) is 38.1 Å². The van der Waals surface area contributed by atoms with Gasteiger partial charge in [0.1, 0.15) is 6.61 Å². The Morgan fingerprint density at radius 1 is 1.04 bits per heavy atom. The number of aliphatic hydroxyl groups is 1. The van der Waals surface area contributed by atoms with Gasteiger partial charge in [0.25, 0.3) is 0 Å². The van der Waals surface area contributed by atoms with Gasteiger partial charge >= 0.3 is 6.09 Å². The monoisotopic (exact) mass is 353 g/mol. The molecule has 0 aromatic heterocycles. The molecule has 0 unspecified atom stereocenters. The molecule has 0 radical (unpaired) electrons. The highest BCUT2D eigenvalue weighted by Crippen LogP contribution is 2.44. The van der Waals surface area contributed by atoms with Gasteiger partial charge in [-0.15, -0.1) is 0 Å². The van der Waals surface area contributed by atoms with E-state index in [1.54, 1.807) is 4.90 Å². The fraction of sp³-hybridized carbons (Fsp3) is 0.409. The number of benzene rings is 2. The summed E-state index contributed by atoms with van der Waals surface area (Å²) in [6.45, 7) is 4.67. The normalized spacial score (nSPS) is 12.8. The van der Waals surface area contributed by atoms with E-state index in [-0.39, 0.29) is 24.7 Å². The standard InChI is InChI=1S/C22H27NO3/c1-3-16(4-2)23(13-14-24)22(25)26-15-21-19-11-7-5-9-17(19)18-10-6-8-12-20(18)21/h5-12,16,21,24H,3-4,13-15H2,1-2H3. The smallest absolute Gasteiger partial charge is 0.410 e. The summed E-state index contributed by atoms with van der Waals surface area (Å²) in [4.78, 5) is 14.3. The fourth-order valence-corrected chi connectivity index (χ4v) is 3.94. The van der Waals surface area contributed by atoms with E-state index in [4.69, 9.17) is 4.74 Å². The Bertz CT molecular complexity index is 709. The molecule has 1 N–H and O–H groups in total. The summed E-state index contributed by atoms with van der Waals surface area (Å²) in [6, 6.07) is 16.7. The van der Waals surface area contributed by atoms with Crippen LogP contribution in [0.3, 0.4) is 0 Å². The number of hydrogen-bond acceptors (Lipinski definition) is 3. The van der Waals surface area contributed by atoms with Gasteiger partial charge in [-0.3, -0.25) is 0 Å². The second-order valence-corrected chi connectivity index (χ2v) is 6.69. The van der Waals surface area contributed by atoms with Crippen LogP contribution in [0.2, 0.25) is 0 Å². The lowest BCUT2D eigenvalue weighted by Crippen LogP contribution is -2.42. The molecule has 4 nitrogen and oxygen atoms in total. The minimum atomic E-state index is -0.338. The third kappa shape index (κ3) is 3.47. The summed E-state index contributed by atoms with van der Waals surface area (Å²) in [7, 11) is 0. The predicted octanol–water partition coefficient (Wildman–Crippen LogP) is 4.42. The number of carbonyl (C=O) groups excluding carboxylic acids is 1. The van der Waals surface area contributed by atoms with Gasteiger partial charge in [-0.25, -0.2) is 4.79 Å². The van der Waals surface area contributed by atoms with Gasteiger partial charge in [0.15, 0.2) is 0 Å². The van der Waals surface area contributed by atoms with Gasteiger partial charge < -0.3 is 14.7 Å². The number of aliphatic hydroxyl groups excluding tert-OH is 1. The van der Waals surface area contributed by atoms with E-state index in [1.807, 2.05) is 24.3 Å². The molecular formula is C22H27NO3. The van der Waals surface area contributed by atoms with Crippen molar-refractivity contribution in [3.05, 3.63) is 59.7 Å². The molecular weight excluding hydrogens is 326 g/mol. The summed E-state index contributed by atoms with van der Waals surface area (Å²) < 4.78 is 5.71. The van der Waals surface area contributed by atoms with Crippen molar-refractivity contribution < 1.29 is 14.6 Å². The van der Waals surface area contributed by atoms with E-state index in [9.17, 15) is 9.90 Å². The summed E-state index contributed by atoms with van der Waals surface area (Å²) in [6.07, 6.45) is 1.36. The number of nitrogens with zero attached hydrogens (tertiary/aromatic N) is 1. The van der Waals surface area contributed by atoms with Crippen LogP contribution in [0.5, 0.6) is 0 Å². The number of hydrogen-bond donors (Lipinski definition) is 1. The minimum Gasteiger partial charge on any atom is -0.448 e. The van der Waals surface area contributed by atoms with Crippen LogP contribution in [0, 0.1) is 0 Å². The van der Waals surface area contributed by atoms with E-state index >= 15 is 0 Å². The average molecular weight is 353 g/mol. The maximum absolute atomic E-state index is 12.7. The number of fused-ring (bicyclic) bond motifs is 3. The number of rotatable bonds is 7. The van der Waals surface area contributed by atoms with Crippen LogP contribution in [0.4, 0.5) is 4.79 Å². The van der Waals surface area contributed by atoms with Crippen LogP contribution in [0.1, 0.15) is 43.7 Å². The zero-order chi connectivity index (χ0) is 18.5. The fourth-order valence-electron chi connectivity index (χ4n) is 3.94. The van der Waals surface area contributed by atoms with Crippen LogP contribution < -0.4 is 0 Å². The van der Waals surface area contributed by atoms with Crippen molar-refractivity contribution in [3.8, 4) is 11.1 Å². The number of ether oxygens (including phenoxy) is 1. The van der Waals surface area contributed by atoms with Crippen molar-refractivity contribution in [1.82, 2.24) is 4.90 Å². The topological polar surface area (TPSA) is 49.8 Å². The van der Waals surface area contributed by atoms with Crippen LogP contribution in [0.25, 0.3) is 11.1 Å². The molecule has 0 heterocycles. The zero-order valence-corrected chi connectivity index (χ0v) is 15.5. The molecule has 1 aliphatic rings. The average Bonchev–Trinajstić information content (AvgIpc) is 3.00. The van der Waals surface area contributed by atoms with Crippen molar-refractivity contribution in [2.24, 2.45) is 0 Å². The minimum absolute atomic E-state index is 0.0549. The van der Waals surface area contributed by atoms with Crippen LogP contribution >= 0.6 is 0 Å². The van der Waals surface area contributed by atoms with Crippen LogP contribution in [-0.4, -0.2) is 41.9 Å². The lowest BCUT2D eigenvalue weighted by atomic mass is 9.98. The number of carbonyl (C=O) groups is 1. The lowest BCUT2D eigenvalue weighted by Gasteiger charge is -2.29. The van der Waals surface area contributed by atoms with Crippen LogP contribution in [0.15, 0.2) is 48.5 Å². The van der Waals surface area contributed by atoms with Crippen molar-refractivity contribution in [2.75, 3.05) is 19.8 Å². The predicted molar refractivity (Wildman–Crippen MR) is 103 cm³/mol. The maximum Gasteiger partial charge on any atom is 0.410 e. The molecule has 4 heteroatoms. The Kier molecular flexibility index (Phi) is 5.94. The lowest BCUT2D eigenvalue weighted by molar-refractivity contribution is 0.0727. The summed E-state index contributed by atoms with van der Waals surface area (Å²) >= 11 is 0. The second-order valence-electron chi connectivity index (χ2n) is 6.69. The Morgan fingerprint density at radius 3 is 2.08 bits per heavy atom. The third-order valence-corrected chi connectivity index (χ3v) is 5.29. The molecule has 3 rings (SSSR count). The van der Waals surface area contributed by atoms with Crippen molar-refractivity contribution in [1.29, 1.82) is 0 Å². The highest BCUT2D eigenvalue weighted by atomic mass is 16.6. The SMILES string of the molecule is CCC(CC)N(CCO)C(=O)OCC1c2ccccc2-c2ccccc21. The van der Waals surface area contributed by atoms with Gasteiger partial charge in [0.05, 0.1) is 6.61 Å². The molecule has 0 bridgehead atoms. The maximum atomic E-state index is 12.7. The van der Waals surface area contributed by atoms with Crippen LogP contribution in [-0.2, 0) is 4.74 Å². The third-order valence-electron chi connectivity index (χ3n) is 5.29. The Morgan fingerprint density at radius 2 is 1.58 bits per heavy atom. The van der Waals surface area contributed by atoms with Crippen molar-refractivity contribution in [3.63, 3.8) is 0 Å². The first-order valence-electron chi connectivity index (χ1n) is 9.43. The quantitative estimate of drug-likeness (QED) is 0.802.